The summed E-state index contributed by atoms with van der Waals surface area (Å²) in [5.74, 6) is 1.64. The third-order valence-electron chi connectivity index (χ3n) is 2.81. The number of hydrogen-bond acceptors (Lipinski definition) is 3. The van der Waals surface area contributed by atoms with Gasteiger partial charge in [0.25, 0.3) is 0 Å². The van der Waals surface area contributed by atoms with Gasteiger partial charge >= 0.3 is 0 Å². The average molecular weight is 351 g/mol. The average Bonchev–Trinajstić information content (AvgIpc) is 2.40. The van der Waals surface area contributed by atoms with Crippen LogP contribution >= 0.6 is 11.8 Å². The Morgan fingerprint density at radius 3 is 2.68 bits per heavy atom. The van der Waals surface area contributed by atoms with E-state index in [0.29, 0.717) is 18.8 Å². The van der Waals surface area contributed by atoms with Gasteiger partial charge in [-0.25, -0.2) is 6.08 Å². The van der Waals surface area contributed by atoms with Crippen molar-refractivity contribution in [1.82, 2.24) is 4.90 Å². The fourth-order valence-corrected chi connectivity index (χ4v) is 2.08. The molecule has 0 fully saturated rings. The molecule has 0 spiro atoms. The normalized spacial score (nSPS) is 14.7. The van der Waals surface area contributed by atoms with E-state index in [1.165, 1.54) is 0 Å². The first-order valence-electron chi connectivity index (χ1n) is 5.82. The van der Waals surface area contributed by atoms with Crippen molar-refractivity contribution in [3.05, 3.63) is 35.9 Å². The second-order valence-electron chi connectivity index (χ2n) is 4.05. The Morgan fingerprint density at radius 2 is 2.05 bits per heavy atom. The fourth-order valence-electron chi connectivity index (χ4n) is 1.83. The molecule has 0 saturated carbocycles. The minimum atomic E-state index is 0. The third kappa shape index (κ3) is 4.33. The molecule has 1 heterocycles. The first-order valence-corrected chi connectivity index (χ1v) is 7.21. The Kier molecular flexibility index (Phi) is 7.12. The van der Waals surface area contributed by atoms with Crippen molar-refractivity contribution in [2.75, 3.05) is 19.2 Å². The van der Waals surface area contributed by atoms with Gasteiger partial charge in [-0.2, -0.15) is 5.56 Å². The standard InChI is InChI=1S/C14H16NO2S.Y/c1-15-13(4-3-5-14(15)16)11-6-8-12(9-7-11)17-10-18-2;/h6-9H,3,5,10H2,1-2H3;/q-1;. The number of nitrogens with zero attached hydrogens (tertiary/aromatic N) is 1. The Labute approximate surface area is 143 Å². The number of carbonyl (C=O) groups excluding carboxylic acids is 1. The predicted molar refractivity (Wildman–Crippen MR) is 74.1 cm³/mol. The van der Waals surface area contributed by atoms with Gasteiger partial charge in [-0.15, -0.1) is 36.0 Å². The number of ether oxygens (including phenoxy) is 1. The van der Waals surface area contributed by atoms with Gasteiger partial charge in [-0.05, 0) is 18.4 Å². The molecule has 1 amide bonds. The van der Waals surface area contributed by atoms with E-state index < -0.39 is 0 Å². The van der Waals surface area contributed by atoms with Gasteiger partial charge in [-0.3, -0.25) is 4.79 Å². The van der Waals surface area contributed by atoms with Crippen LogP contribution in [0.15, 0.2) is 24.3 Å². The summed E-state index contributed by atoms with van der Waals surface area (Å²) in [5, 5.41) is 0. The van der Waals surface area contributed by atoms with E-state index in [4.69, 9.17) is 4.74 Å². The van der Waals surface area contributed by atoms with Gasteiger partial charge < -0.3 is 9.64 Å². The molecule has 19 heavy (non-hydrogen) atoms. The van der Waals surface area contributed by atoms with Crippen molar-refractivity contribution >= 4 is 23.4 Å². The van der Waals surface area contributed by atoms with E-state index >= 15 is 0 Å². The van der Waals surface area contributed by atoms with Gasteiger partial charge in [-0.1, -0.05) is 0 Å². The molecule has 0 atom stereocenters. The molecule has 0 unspecified atom stereocenters. The SMILES string of the molecule is CSCOc1ccc(C2=[C-]CCC(=O)N2C)cc1.[Y]. The number of thioether (sulfide) groups is 1. The molecular weight excluding hydrogens is 335 g/mol. The monoisotopic (exact) mass is 351 g/mol. The summed E-state index contributed by atoms with van der Waals surface area (Å²) in [4.78, 5) is 13.3. The minimum absolute atomic E-state index is 0. The van der Waals surface area contributed by atoms with Crippen LogP contribution in [-0.4, -0.2) is 30.0 Å². The summed E-state index contributed by atoms with van der Waals surface area (Å²) < 4.78 is 5.50. The second-order valence-corrected chi connectivity index (χ2v) is 4.87. The van der Waals surface area contributed by atoms with E-state index in [1.54, 1.807) is 23.7 Å². The first-order chi connectivity index (χ1) is 8.72. The maximum absolute atomic E-state index is 11.6. The molecule has 1 aromatic carbocycles. The van der Waals surface area contributed by atoms with Gasteiger partial charge in [0.2, 0.25) is 5.91 Å². The number of benzene rings is 1. The molecular formula is C14H16NO2SY-. The predicted octanol–water partition coefficient (Wildman–Crippen LogP) is 2.78. The summed E-state index contributed by atoms with van der Waals surface area (Å²) >= 11 is 1.64. The number of amides is 1. The molecule has 3 nitrogen and oxygen atoms in total. The van der Waals surface area contributed by atoms with E-state index in [2.05, 4.69) is 6.08 Å². The van der Waals surface area contributed by atoms with Crippen LogP contribution in [0.2, 0.25) is 0 Å². The summed E-state index contributed by atoms with van der Waals surface area (Å²) in [6.07, 6.45) is 6.50. The molecule has 1 aliphatic rings. The van der Waals surface area contributed by atoms with Gasteiger partial charge in [0, 0.05) is 46.2 Å². The molecule has 1 aromatic rings. The van der Waals surface area contributed by atoms with Gasteiger partial charge in [0.05, 0.1) is 0 Å². The van der Waals surface area contributed by atoms with Crippen LogP contribution in [0.4, 0.5) is 0 Å². The molecule has 2 rings (SSSR count). The maximum Gasteiger partial charge on any atom is 0.222 e. The van der Waals surface area contributed by atoms with Crippen molar-refractivity contribution in [2.24, 2.45) is 0 Å². The minimum Gasteiger partial charge on any atom is -0.483 e. The Balaban J connectivity index is 0.00000180. The van der Waals surface area contributed by atoms with Crippen molar-refractivity contribution in [3.63, 3.8) is 0 Å². The zero-order valence-electron chi connectivity index (χ0n) is 11.2. The molecule has 0 saturated heterocycles. The van der Waals surface area contributed by atoms with Crippen LogP contribution in [0.1, 0.15) is 18.4 Å². The van der Waals surface area contributed by atoms with Crippen LogP contribution in [0, 0.1) is 6.08 Å². The summed E-state index contributed by atoms with van der Waals surface area (Å²) in [7, 11) is 1.79. The number of hydrogen-bond donors (Lipinski definition) is 0. The molecule has 5 heteroatoms. The van der Waals surface area contributed by atoms with Gasteiger partial charge in [0.15, 0.2) is 0 Å². The van der Waals surface area contributed by atoms with E-state index in [-0.39, 0.29) is 38.6 Å². The second kappa shape index (κ2) is 8.08. The summed E-state index contributed by atoms with van der Waals surface area (Å²) in [5.41, 5.74) is 1.87. The summed E-state index contributed by atoms with van der Waals surface area (Å²) in [6, 6.07) is 7.78. The topological polar surface area (TPSA) is 29.5 Å². The van der Waals surface area contributed by atoms with Crippen LogP contribution in [0.25, 0.3) is 5.70 Å². The molecule has 0 bridgehead atoms. The fraction of sp³-hybridized carbons (Fsp3) is 0.357. The molecule has 0 N–H and O–H groups in total. The molecule has 99 valence electrons. The van der Waals surface area contributed by atoms with E-state index in [0.717, 1.165) is 17.0 Å². The Bertz CT molecular complexity index is 459. The van der Waals surface area contributed by atoms with Crippen LogP contribution < -0.4 is 4.74 Å². The number of carbonyl (C=O) groups is 1. The van der Waals surface area contributed by atoms with Gasteiger partial charge in [0.1, 0.15) is 11.7 Å². The Morgan fingerprint density at radius 1 is 1.37 bits per heavy atom. The number of allylic oxidation sites excluding steroid dienone is 1. The molecule has 0 aromatic heterocycles. The zero-order valence-corrected chi connectivity index (χ0v) is 14.8. The van der Waals surface area contributed by atoms with Crippen molar-refractivity contribution < 1.29 is 42.2 Å². The molecule has 0 aliphatic carbocycles. The van der Waals surface area contributed by atoms with E-state index in [9.17, 15) is 4.79 Å². The zero-order chi connectivity index (χ0) is 13.0. The van der Waals surface area contributed by atoms with Crippen molar-refractivity contribution in [2.45, 2.75) is 12.8 Å². The van der Waals surface area contributed by atoms with E-state index in [1.807, 2.05) is 30.5 Å². The third-order valence-corrected chi connectivity index (χ3v) is 3.17. The van der Waals surface area contributed by atoms with Crippen molar-refractivity contribution in [3.8, 4) is 5.75 Å². The molecule has 1 radical (unpaired) electrons. The quantitative estimate of drug-likeness (QED) is 0.617. The smallest absolute Gasteiger partial charge is 0.222 e. The van der Waals surface area contributed by atoms with Crippen LogP contribution in [-0.2, 0) is 37.5 Å². The Hall–Kier alpha value is -0.316. The first kappa shape index (κ1) is 16.7. The number of rotatable bonds is 4. The van der Waals surface area contributed by atoms with Crippen LogP contribution in [0.5, 0.6) is 5.75 Å². The molecule has 1 aliphatic heterocycles. The van der Waals surface area contributed by atoms with Crippen molar-refractivity contribution in [1.29, 1.82) is 0 Å². The largest absolute Gasteiger partial charge is 0.483 e. The summed E-state index contributed by atoms with van der Waals surface area (Å²) in [6.45, 7) is 0. The maximum atomic E-state index is 11.6. The van der Waals surface area contributed by atoms with Crippen LogP contribution in [0.3, 0.4) is 0 Å².